The van der Waals surface area contributed by atoms with E-state index in [2.05, 4.69) is 21.4 Å². The summed E-state index contributed by atoms with van der Waals surface area (Å²) < 4.78 is 0. The molecule has 1 aromatic heterocycles. The smallest absolute Gasteiger partial charge is 0.272 e. The third-order valence-corrected chi connectivity index (χ3v) is 3.98. The minimum absolute atomic E-state index is 0.194. The Morgan fingerprint density at radius 3 is 2.56 bits per heavy atom. The van der Waals surface area contributed by atoms with Crippen LogP contribution in [0.5, 0.6) is 0 Å². The molecule has 3 aromatic rings. The molecule has 0 spiro atoms. The van der Waals surface area contributed by atoms with Crippen molar-refractivity contribution in [1.29, 1.82) is 5.26 Å². The molecule has 6 heteroatoms. The van der Waals surface area contributed by atoms with E-state index in [9.17, 15) is 10.1 Å². The Hall–Kier alpha value is -3.72. The number of nitrogens with zero attached hydrogens (tertiary/aromatic N) is 4. The number of hydrogen-bond donors (Lipinski definition) is 1. The van der Waals surface area contributed by atoms with Crippen molar-refractivity contribution in [3.63, 3.8) is 0 Å². The van der Waals surface area contributed by atoms with Crippen molar-refractivity contribution in [1.82, 2.24) is 14.9 Å². The van der Waals surface area contributed by atoms with Gasteiger partial charge in [-0.25, -0.2) is 9.97 Å². The molecule has 0 aliphatic carbocycles. The topological polar surface area (TPSA) is 81.9 Å². The van der Waals surface area contributed by atoms with E-state index in [-0.39, 0.29) is 5.91 Å². The molecule has 1 amide bonds. The lowest BCUT2D eigenvalue weighted by atomic mass is 10.2. The van der Waals surface area contributed by atoms with Gasteiger partial charge in [-0.1, -0.05) is 42.5 Å². The number of nitrogens with one attached hydrogen (secondary N) is 1. The second-order valence-electron chi connectivity index (χ2n) is 6.11. The molecule has 0 radical (unpaired) electrons. The van der Waals surface area contributed by atoms with Crippen molar-refractivity contribution in [2.24, 2.45) is 0 Å². The van der Waals surface area contributed by atoms with Crippen LogP contribution in [-0.4, -0.2) is 27.8 Å². The van der Waals surface area contributed by atoms with E-state index in [1.807, 2.05) is 36.4 Å². The number of rotatable bonds is 5. The first-order chi connectivity index (χ1) is 13.1. The quantitative estimate of drug-likeness (QED) is 0.753. The van der Waals surface area contributed by atoms with Gasteiger partial charge in [0, 0.05) is 19.7 Å². The van der Waals surface area contributed by atoms with Gasteiger partial charge < -0.3 is 10.2 Å². The van der Waals surface area contributed by atoms with Crippen molar-refractivity contribution < 1.29 is 4.79 Å². The molecular weight excluding hydrogens is 338 g/mol. The van der Waals surface area contributed by atoms with Crippen LogP contribution >= 0.6 is 0 Å². The highest BCUT2D eigenvalue weighted by Crippen LogP contribution is 2.20. The van der Waals surface area contributed by atoms with Gasteiger partial charge in [-0.15, -0.1) is 0 Å². The number of hydrogen-bond acceptors (Lipinski definition) is 5. The van der Waals surface area contributed by atoms with E-state index in [1.165, 1.54) is 0 Å². The Morgan fingerprint density at radius 1 is 1.11 bits per heavy atom. The summed E-state index contributed by atoms with van der Waals surface area (Å²) in [6.45, 7) is 2.22. The number of aromatic nitrogens is 2. The summed E-state index contributed by atoms with van der Waals surface area (Å²) in [6, 6.07) is 20.6. The molecule has 0 aliphatic rings. The molecule has 3 rings (SSSR count). The van der Waals surface area contributed by atoms with Crippen LogP contribution in [0.4, 0.5) is 11.5 Å². The Balaban J connectivity index is 1.82. The van der Waals surface area contributed by atoms with Crippen molar-refractivity contribution >= 4 is 17.4 Å². The first kappa shape index (κ1) is 18.1. The van der Waals surface area contributed by atoms with Gasteiger partial charge in [0.2, 0.25) is 0 Å². The molecule has 2 aromatic carbocycles. The fourth-order valence-electron chi connectivity index (χ4n) is 2.69. The maximum atomic E-state index is 12.8. The van der Waals surface area contributed by atoms with Crippen molar-refractivity contribution in [2.45, 2.75) is 13.5 Å². The number of amides is 1. The maximum Gasteiger partial charge on any atom is 0.272 e. The average molecular weight is 357 g/mol. The third-order valence-electron chi connectivity index (χ3n) is 3.98. The predicted octanol–water partition coefficient (Wildman–Crippen LogP) is 3.67. The Bertz CT molecular complexity index is 995. The molecular formula is C21H19N5O. The van der Waals surface area contributed by atoms with Gasteiger partial charge in [0.05, 0.1) is 11.3 Å². The summed E-state index contributed by atoms with van der Waals surface area (Å²) in [4.78, 5) is 23.0. The van der Waals surface area contributed by atoms with E-state index < -0.39 is 0 Å². The molecule has 0 fully saturated rings. The minimum Gasteiger partial charge on any atom is -0.339 e. The molecule has 27 heavy (non-hydrogen) atoms. The molecule has 1 N–H and O–H groups in total. The number of para-hydroxylation sites is 1. The lowest BCUT2D eigenvalue weighted by Crippen LogP contribution is -2.27. The summed E-state index contributed by atoms with van der Waals surface area (Å²) in [6.07, 6.45) is 0. The van der Waals surface area contributed by atoms with Gasteiger partial charge in [0.15, 0.2) is 0 Å². The summed E-state index contributed by atoms with van der Waals surface area (Å²) >= 11 is 0. The van der Waals surface area contributed by atoms with E-state index in [1.54, 1.807) is 43.1 Å². The van der Waals surface area contributed by atoms with Crippen molar-refractivity contribution in [3.05, 3.63) is 83.3 Å². The third kappa shape index (κ3) is 4.47. The fourth-order valence-corrected chi connectivity index (χ4v) is 2.69. The van der Waals surface area contributed by atoms with Gasteiger partial charge in [-0.05, 0) is 24.6 Å². The lowest BCUT2D eigenvalue weighted by molar-refractivity contribution is 0.0779. The SMILES string of the molecule is Cc1nc(Nc2ccccc2C#N)cc(C(=O)N(C)Cc2ccccc2)n1. The second-order valence-corrected chi connectivity index (χ2v) is 6.11. The van der Waals surface area contributed by atoms with Crippen molar-refractivity contribution in [3.8, 4) is 6.07 Å². The molecule has 6 nitrogen and oxygen atoms in total. The standard InChI is InChI=1S/C21H19N5O/c1-15-23-19(21(27)26(2)14-16-8-4-3-5-9-16)12-20(24-15)25-18-11-7-6-10-17(18)13-22/h3-12H,14H2,1-2H3,(H,23,24,25). The van der Waals surface area contributed by atoms with Crippen LogP contribution in [0.15, 0.2) is 60.7 Å². The van der Waals surface area contributed by atoms with Crippen LogP contribution < -0.4 is 5.32 Å². The van der Waals surface area contributed by atoms with E-state index in [4.69, 9.17) is 0 Å². The Labute approximate surface area is 158 Å². The van der Waals surface area contributed by atoms with Gasteiger partial charge in [0.1, 0.15) is 23.4 Å². The number of nitriles is 1. The first-order valence-electron chi connectivity index (χ1n) is 8.48. The number of carbonyl (C=O) groups is 1. The first-order valence-corrected chi connectivity index (χ1v) is 8.48. The molecule has 0 saturated heterocycles. The van der Waals surface area contributed by atoms with Gasteiger partial charge in [0.25, 0.3) is 5.91 Å². The normalized spacial score (nSPS) is 10.1. The molecule has 0 bridgehead atoms. The zero-order valence-corrected chi connectivity index (χ0v) is 15.2. The number of carbonyl (C=O) groups excluding carboxylic acids is 1. The molecule has 1 heterocycles. The Morgan fingerprint density at radius 2 is 1.81 bits per heavy atom. The fraction of sp³-hybridized carbons (Fsp3) is 0.143. The van der Waals surface area contributed by atoms with Crippen LogP contribution in [0.2, 0.25) is 0 Å². The van der Waals surface area contributed by atoms with Gasteiger partial charge >= 0.3 is 0 Å². The predicted molar refractivity (Wildman–Crippen MR) is 103 cm³/mol. The van der Waals surface area contributed by atoms with Crippen LogP contribution in [0, 0.1) is 18.3 Å². The molecule has 0 aliphatic heterocycles. The monoisotopic (exact) mass is 357 g/mol. The summed E-state index contributed by atoms with van der Waals surface area (Å²) in [5.41, 5.74) is 2.48. The summed E-state index contributed by atoms with van der Waals surface area (Å²) in [5, 5.41) is 12.3. The largest absolute Gasteiger partial charge is 0.339 e. The Kier molecular flexibility index (Phi) is 5.43. The van der Waals surface area contributed by atoms with E-state index in [0.29, 0.717) is 35.1 Å². The minimum atomic E-state index is -0.194. The number of benzene rings is 2. The highest BCUT2D eigenvalue weighted by atomic mass is 16.2. The highest BCUT2D eigenvalue weighted by molar-refractivity contribution is 5.93. The van der Waals surface area contributed by atoms with Crippen LogP contribution in [0.25, 0.3) is 0 Å². The number of anilines is 2. The number of aryl methyl sites for hydroxylation is 1. The van der Waals surface area contributed by atoms with E-state index >= 15 is 0 Å². The molecule has 134 valence electrons. The molecule has 0 atom stereocenters. The van der Waals surface area contributed by atoms with E-state index in [0.717, 1.165) is 5.56 Å². The summed E-state index contributed by atoms with van der Waals surface area (Å²) in [7, 11) is 1.74. The van der Waals surface area contributed by atoms with Crippen LogP contribution in [0.1, 0.15) is 27.4 Å². The summed E-state index contributed by atoms with van der Waals surface area (Å²) in [5.74, 6) is 0.758. The average Bonchev–Trinajstić information content (AvgIpc) is 2.68. The van der Waals surface area contributed by atoms with Gasteiger partial charge in [-0.2, -0.15) is 5.26 Å². The second kappa shape index (κ2) is 8.11. The van der Waals surface area contributed by atoms with Crippen molar-refractivity contribution in [2.75, 3.05) is 12.4 Å². The van der Waals surface area contributed by atoms with Crippen LogP contribution in [0.3, 0.4) is 0 Å². The van der Waals surface area contributed by atoms with Crippen LogP contribution in [-0.2, 0) is 6.54 Å². The maximum absolute atomic E-state index is 12.8. The lowest BCUT2D eigenvalue weighted by Gasteiger charge is -2.17. The van der Waals surface area contributed by atoms with Gasteiger partial charge in [-0.3, -0.25) is 4.79 Å². The molecule has 0 saturated carbocycles. The molecule has 0 unspecified atom stereocenters. The zero-order chi connectivity index (χ0) is 19.2. The zero-order valence-electron chi connectivity index (χ0n) is 15.2. The highest BCUT2D eigenvalue weighted by Gasteiger charge is 2.16.